The van der Waals surface area contributed by atoms with E-state index in [2.05, 4.69) is 22.4 Å². The summed E-state index contributed by atoms with van der Waals surface area (Å²) in [5, 5.41) is 7.41. The third-order valence-corrected chi connectivity index (χ3v) is 1.32. The molecule has 0 aliphatic carbocycles. The Morgan fingerprint density at radius 1 is 1.27 bits per heavy atom. The monoisotopic (exact) mass is 164 g/mol. The van der Waals surface area contributed by atoms with Crippen LogP contribution in [0, 0.1) is 0 Å². The third-order valence-electron chi connectivity index (χ3n) is 1.22. The molecule has 1 aromatic carbocycles. The molecule has 0 radical (unpaired) electrons. The van der Waals surface area contributed by atoms with Gasteiger partial charge in [0.1, 0.15) is 5.49 Å². The van der Waals surface area contributed by atoms with Crippen molar-refractivity contribution in [2.45, 2.75) is 6.54 Å². The van der Waals surface area contributed by atoms with Gasteiger partial charge in [0.25, 0.3) is 0 Å². The minimum absolute atomic E-state index is 0.605. The van der Waals surface area contributed by atoms with Crippen LogP contribution in [0.25, 0.3) is 0 Å². The van der Waals surface area contributed by atoms with Crippen LogP contribution in [0.1, 0.15) is 5.56 Å². The topological polar surface area (TPSA) is 24.7 Å². The van der Waals surface area contributed by atoms with Gasteiger partial charge in [-0.05, 0) is 5.56 Å². The second-order valence-electron chi connectivity index (χ2n) is 2.01. The molecule has 0 unspecified atom stereocenters. The summed E-state index contributed by atoms with van der Waals surface area (Å²) in [6, 6.07) is 9.93. The molecule has 0 N–H and O–H groups in total. The average molecular weight is 164 g/mol. The van der Waals surface area contributed by atoms with Gasteiger partial charge in [-0.15, -0.1) is 0 Å². The van der Waals surface area contributed by atoms with Crippen LogP contribution in [0.2, 0.25) is 0 Å². The van der Waals surface area contributed by atoms with Crippen molar-refractivity contribution in [3.05, 3.63) is 35.9 Å². The molecule has 0 saturated heterocycles. The molecular formula is C8H8N2S. The number of azo groups is 1. The fraction of sp³-hybridized carbons (Fsp3) is 0.125. The highest BCUT2D eigenvalue weighted by atomic mass is 32.1. The molecule has 56 valence electrons. The van der Waals surface area contributed by atoms with Crippen molar-refractivity contribution in [1.29, 1.82) is 0 Å². The maximum atomic E-state index is 4.48. The first-order valence-electron chi connectivity index (χ1n) is 3.27. The predicted octanol–water partition coefficient (Wildman–Crippen LogP) is 2.60. The van der Waals surface area contributed by atoms with Crippen LogP contribution < -0.4 is 0 Å². The summed E-state index contributed by atoms with van der Waals surface area (Å²) in [4.78, 5) is 0. The molecule has 0 amide bonds. The van der Waals surface area contributed by atoms with E-state index in [1.807, 2.05) is 30.3 Å². The van der Waals surface area contributed by atoms with Crippen LogP contribution in [-0.2, 0) is 6.54 Å². The van der Waals surface area contributed by atoms with Gasteiger partial charge in [0.15, 0.2) is 0 Å². The summed E-state index contributed by atoms with van der Waals surface area (Å²) in [6.07, 6.45) is 0. The molecule has 0 heterocycles. The van der Waals surface area contributed by atoms with Gasteiger partial charge in [0.2, 0.25) is 0 Å². The van der Waals surface area contributed by atoms with E-state index in [1.54, 1.807) is 0 Å². The lowest BCUT2D eigenvalue weighted by molar-refractivity contribution is 0.981. The van der Waals surface area contributed by atoms with Gasteiger partial charge >= 0.3 is 0 Å². The Kier molecular flexibility index (Phi) is 3.41. The predicted molar refractivity (Wildman–Crippen MR) is 48.7 cm³/mol. The summed E-state index contributed by atoms with van der Waals surface area (Å²) in [5.41, 5.74) is 2.41. The first kappa shape index (κ1) is 8.01. The zero-order valence-corrected chi connectivity index (χ0v) is 6.79. The van der Waals surface area contributed by atoms with E-state index < -0.39 is 0 Å². The molecule has 0 aliphatic heterocycles. The molecule has 3 heteroatoms. The van der Waals surface area contributed by atoms with Crippen molar-refractivity contribution in [3.63, 3.8) is 0 Å². The molecule has 0 atom stereocenters. The normalized spacial score (nSPS) is 10.2. The van der Waals surface area contributed by atoms with E-state index >= 15 is 0 Å². The molecule has 2 nitrogen and oxygen atoms in total. The van der Waals surface area contributed by atoms with Gasteiger partial charge in [0.05, 0.1) is 6.54 Å². The van der Waals surface area contributed by atoms with Gasteiger partial charge < -0.3 is 0 Å². The molecule has 0 spiro atoms. The molecule has 0 aliphatic rings. The van der Waals surface area contributed by atoms with Gasteiger partial charge in [-0.1, -0.05) is 42.5 Å². The zero-order chi connectivity index (χ0) is 7.94. The molecule has 1 rings (SSSR count). The van der Waals surface area contributed by atoms with E-state index in [0.29, 0.717) is 6.54 Å². The zero-order valence-electron chi connectivity index (χ0n) is 5.97. The lowest BCUT2D eigenvalue weighted by atomic mass is 10.2. The lowest BCUT2D eigenvalue weighted by Crippen LogP contribution is -1.77. The van der Waals surface area contributed by atoms with Crippen molar-refractivity contribution in [1.82, 2.24) is 0 Å². The highest BCUT2D eigenvalue weighted by molar-refractivity contribution is 7.78. The van der Waals surface area contributed by atoms with Crippen LogP contribution in [-0.4, -0.2) is 5.49 Å². The first-order chi connectivity index (χ1) is 5.43. The fourth-order valence-corrected chi connectivity index (χ4v) is 0.806. The maximum Gasteiger partial charge on any atom is 0.112 e. The number of hydrogen-bond acceptors (Lipinski definition) is 2. The van der Waals surface area contributed by atoms with Crippen molar-refractivity contribution < 1.29 is 0 Å². The van der Waals surface area contributed by atoms with E-state index in [4.69, 9.17) is 0 Å². The first-order valence-corrected chi connectivity index (χ1v) is 3.75. The van der Waals surface area contributed by atoms with Crippen molar-refractivity contribution in [2.24, 2.45) is 10.2 Å². The van der Waals surface area contributed by atoms with Gasteiger partial charge in [-0.25, -0.2) is 0 Å². The van der Waals surface area contributed by atoms with E-state index in [-0.39, 0.29) is 0 Å². The Bertz CT molecular complexity index is 244. The summed E-state index contributed by atoms with van der Waals surface area (Å²) >= 11 is 4.48. The largest absolute Gasteiger partial charge is 0.184 e. The summed E-state index contributed by atoms with van der Waals surface area (Å²) in [7, 11) is 0. The van der Waals surface area contributed by atoms with Gasteiger partial charge in [0, 0.05) is 0 Å². The van der Waals surface area contributed by atoms with E-state index in [1.165, 1.54) is 5.49 Å². The summed E-state index contributed by atoms with van der Waals surface area (Å²) < 4.78 is 0. The van der Waals surface area contributed by atoms with E-state index in [0.717, 1.165) is 5.56 Å². The van der Waals surface area contributed by atoms with Crippen LogP contribution in [0.5, 0.6) is 0 Å². The number of thiocarbonyl (C=S) groups is 1. The molecular weight excluding hydrogens is 156 g/mol. The maximum absolute atomic E-state index is 4.48. The Morgan fingerprint density at radius 3 is 2.64 bits per heavy atom. The lowest BCUT2D eigenvalue weighted by Gasteiger charge is -1.90. The molecule has 0 bridgehead atoms. The summed E-state index contributed by atoms with van der Waals surface area (Å²) in [6.45, 7) is 0.605. The Morgan fingerprint density at radius 2 is 2.00 bits per heavy atom. The molecule has 0 saturated carbocycles. The molecule has 11 heavy (non-hydrogen) atoms. The Labute approximate surface area is 71.0 Å². The number of nitrogens with zero attached hydrogens (tertiary/aromatic N) is 2. The van der Waals surface area contributed by atoms with Crippen molar-refractivity contribution >= 4 is 17.7 Å². The second kappa shape index (κ2) is 4.68. The van der Waals surface area contributed by atoms with Crippen LogP contribution in [0.4, 0.5) is 0 Å². The Balaban J connectivity index is 2.51. The number of benzene rings is 1. The highest BCUT2D eigenvalue weighted by Crippen LogP contribution is 1.99. The number of hydrogen-bond donors (Lipinski definition) is 0. The average Bonchev–Trinajstić information content (AvgIpc) is 2.07. The molecule has 1 aromatic rings. The van der Waals surface area contributed by atoms with Crippen LogP contribution >= 0.6 is 12.2 Å². The van der Waals surface area contributed by atoms with Gasteiger partial charge in [-0.3, -0.25) is 0 Å². The van der Waals surface area contributed by atoms with E-state index in [9.17, 15) is 0 Å². The van der Waals surface area contributed by atoms with Crippen molar-refractivity contribution in [3.8, 4) is 0 Å². The third kappa shape index (κ3) is 3.00. The molecule has 0 fully saturated rings. The minimum atomic E-state index is 0.605. The van der Waals surface area contributed by atoms with Crippen LogP contribution in [0.3, 0.4) is 0 Å². The van der Waals surface area contributed by atoms with Crippen molar-refractivity contribution in [2.75, 3.05) is 0 Å². The standard InChI is InChI=1S/C8H8N2S/c11-7-10-9-6-8-4-2-1-3-5-8/h1-5,7H,6H2. The Hall–Kier alpha value is -1.09. The molecule has 0 aromatic heterocycles. The second-order valence-corrected chi connectivity index (χ2v) is 2.22. The SMILES string of the molecule is S=CN=NCc1ccccc1. The number of rotatable bonds is 3. The fourth-order valence-electron chi connectivity index (χ4n) is 0.739. The van der Waals surface area contributed by atoms with Crippen LogP contribution in [0.15, 0.2) is 40.6 Å². The minimum Gasteiger partial charge on any atom is -0.184 e. The van der Waals surface area contributed by atoms with Gasteiger partial charge in [-0.2, -0.15) is 10.2 Å². The summed E-state index contributed by atoms with van der Waals surface area (Å²) in [5.74, 6) is 0. The highest BCUT2D eigenvalue weighted by Gasteiger charge is 1.85. The smallest absolute Gasteiger partial charge is 0.112 e. The quantitative estimate of drug-likeness (QED) is 0.498.